The van der Waals surface area contributed by atoms with E-state index in [4.69, 9.17) is 14.0 Å². The fourth-order valence-corrected chi connectivity index (χ4v) is 5.28. The third kappa shape index (κ3) is 4.17. The zero-order chi connectivity index (χ0) is 24.6. The minimum atomic E-state index is -0.170. The average molecular weight is 473 g/mol. The third-order valence-electron chi connectivity index (χ3n) is 6.88. The number of nitrogens with zero attached hydrogens (tertiary/aromatic N) is 4. The van der Waals surface area contributed by atoms with Crippen molar-refractivity contribution in [1.29, 1.82) is 5.26 Å². The normalized spacial score (nSPS) is 18.9. The van der Waals surface area contributed by atoms with Crippen molar-refractivity contribution in [3.63, 3.8) is 0 Å². The molecular formula is C27H28N4O4. The molecular weight excluding hydrogens is 444 g/mol. The molecule has 180 valence electrons. The maximum atomic E-state index is 12.7. The number of hydrogen-bond acceptors (Lipinski definition) is 7. The molecule has 1 atom stereocenters. The minimum absolute atomic E-state index is 0.0337. The molecule has 1 saturated heterocycles. The van der Waals surface area contributed by atoms with Crippen LogP contribution in [-0.2, 0) is 21.4 Å². The Bertz CT molecular complexity index is 1310. The Hall–Kier alpha value is -3.70. The van der Waals surface area contributed by atoms with Gasteiger partial charge in [-0.25, -0.2) is 0 Å². The van der Waals surface area contributed by atoms with Crippen molar-refractivity contribution in [3.8, 4) is 34.7 Å². The highest BCUT2D eigenvalue weighted by Gasteiger charge is 2.48. The van der Waals surface area contributed by atoms with E-state index in [-0.39, 0.29) is 17.4 Å². The van der Waals surface area contributed by atoms with E-state index in [9.17, 15) is 10.1 Å². The number of carbonyl (C=O) groups excluding carboxylic acids is 1. The number of hydrogen-bond donors (Lipinski definition) is 0. The lowest BCUT2D eigenvalue weighted by Gasteiger charge is -2.25. The Morgan fingerprint density at radius 1 is 1.29 bits per heavy atom. The van der Waals surface area contributed by atoms with Crippen molar-refractivity contribution >= 4 is 5.91 Å². The molecule has 1 spiro atoms. The first-order valence-electron chi connectivity index (χ1n) is 11.9. The lowest BCUT2D eigenvalue weighted by Crippen LogP contribution is -2.32. The molecule has 0 radical (unpaired) electrons. The van der Waals surface area contributed by atoms with Gasteiger partial charge >= 0.3 is 0 Å². The van der Waals surface area contributed by atoms with Gasteiger partial charge in [-0.3, -0.25) is 4.79 Å². The number of carbonyl (C=O) groups is 1. The summed E-state index contributed by atoms with van der Waals surface area (Å²) in [5.41, 5.74) is 4.23. The molecule has 2 aliphatic rings. The molecule has 5 rings (SSSR count). The number of ether oxygens (including phenoxy) is 2. The molecule has 1 aromatic heterocycles. The zero-order valence-corrected chi connectivity index (χ0v) is 20.2. The molecule has 8 heteroatoms. The Labute approximate surface area is 204 Å². The number of amides is 1. The maximum Gasteiger partial charge on any atom is 0.258 e. The molecule has 1 aliphatic heterocycles. The van der Waals surface area contributed by atoms with Crippen molar-refractivity contribution in [2.75, 3.05) is 26.8 Å². The second-order valence-electron chi connectivity index (χ2n) is 9.51. The summed E-state index contributed by atoms with van der Waals surface area (Å²) in [4.78, 5) is 19.3. The second kappa shape index (κ2) is 9.16. The molecule has 2 aromatic carbocycles. The number of benzene rings is 2. The summed E-state index contributed by atoms with van der Waals surface area (Å²) in [6, 6.07) is 13.6. The second-order valence-corrected chi connectivity index (χ2v) is 9.51. The van der Waals surface area contributed by atoms with E-state index < -0.39 is 0 Å². The largest absolute Gasteiger partial charge is 0.490 e. The zero-order valence-electron chi connectivity index (χ0n) is 20.2. The van der Waals surface area contributed by atoms with Crippen molar-refractivity contribution < 1.29 is 18.8 Å². The van der Waals surface area contributed by atoms with Crippen LogP contribution in [0.15, 0.2) is 40.9 Å². The van der Waals surface area contributed by atoms with Gasteiger partial charge in [0.15, 0.2) is 0 Å². The number of rotatable bonds is 7. The van der Waals surface area contributed by atoms with E-state index in [2.05, 4.69) is 22.3 Å². The monoisotopic (exact) mass is 472 g/mol. The first kappa shape index (κ1) is 23.1. The Morgan fingerprint density at radius 2 is 2.14 bits per heavy atom. The van der Waals surface area contributed by atoms with Gasteiger partial charge in [-0.1, -0.05) is 23.4 Å². The summed E-state index contributed by atoms with van der Waals surface area (Å²) in [6.45, 7) is 5.70. The number of likely N-dealkylation sites (tertiary alicyclic amines) is 1. The van der Waals surface area contributed by atoms with Gasteiger partial charge in [0.25, 0.3) is 5.89 Å². The van der Waals surface area contributed by atoms with Gasteiger partial charge in [0.05, 0.1) is 18.3 Å². The molecule has 0 bridgehead atoms. The molecule has 35 heavy (non-hydrogen) atoms. The van der Waals surface area contributed by atoms with Crippen LogP contribution in [0, 0.1) is 11.3 Å². The summed E-state index contributed by atoms with van der Waals surface area (Å²) >= 11 is 0. The summed E-state index contributed by atoms with van der Waals surface area (Å²) in [6.07, 6.45) is 2.27. The van der Waals surface area contributed by atoms with Crippen molar-refractivity contribution in [1.82, 2.24) is 15.0 Å². The van der Waals surface area contributed by atoms with Gasteiger partial charge in [0, 0.05) is 43.2 Å². The Kier molecular flexibility index (Phi) is 6.03. The van der Waals surface area contributed by atoms with E-state index in [1.165, 1.54) is 11.1 Å². The minimum Gasteiger partial charge on any atom is -0.490 e. The number of fused-ring (bicyclic) bond motifs is 2. The standard InChI is InChI=1S/C27H28N4O4/c1-17(2)34-23-8-7-18(13-19(23)15-28)26-29-25(30-35-26)21-5-4-6-22-20(21)9-10-27(22)14-24(32)31(16-27)11-12-33-3/h4-8,13,17H,9-12,14,16H2,1-3H3. The van der Waals surface area contributed by atoms with Gasteiger partial charge in [-0.15, -0.1) is 0 Å². The summed E-state index contributed by atoms with van der Waals surface area (Å²) in [5, 5.41) is 13.8. The smallest absolute Gasteiger partial charge is 0.258 e. The highest BCUT2D eigenvalue weighted by Crippen LogP contribution is 2.48. The highest BCUT2D eigenvalue weighted by atomic mass is 16.5. The van der Waals surface area contributed by atoms with Gasteiger partial charge in [0.1, 0.15) is 11.8 Å². The SMILES string of the molecule is COCCN1CC2(CCc3c(-c4noc(-c5ccc(OC(C)C)c(C#N)c5)n4)cccc32)CC1=O. The van der Waals surface area contributed by atoms with E-state index in [0.29, 0.717) is 54.7 Å². The number of aromatic nitrogens is 2. The molecule has 0 N–H and O–H groups in total. The van der Waals surface area contributed by atoms with E-state index in [1.807, 2.05) is 36.9 Å². The summed E-state index contributed by atoms with van der Waals surface area (Å²) < 4.78 is 16.5. The first-order valence-corrected chi connectivity index (χ1v) is 11.9. The summed E-state index contributed by atoms with van der Waals surface area (Å²) in [5.74, 6) is 1.57. The quantitative estimate of drug-likeness (QED) is 0.510. The number of methoxy groups -OCH3 is 1. The molecule has 2 heterocycles. The molecule has 0 saturated carbocycles. The van der Waals surface area contributed by atoms with Crippen molar-refractivity contribution in [2.45, 2.75) is 44.6 Å². The predicted molar refractivity (Wildman–Crippen MR) is 129 cm³/mol. The fraction of sp³-hybridized carbons (Fsp3) is 0.407. The van der Waals surface area contributed by atoms with Gasteiger partial charge in [-0.2, -0.15) is 10.2 Å². The van der Waals surface area contributed by atoms with Gasteiger partial charge in [0.2, 0.25) is 11.7 Å². The van der Waals surface area contributed by atoms with E-state index in [0.717, 1.165) is 18.4 Å². The van der Waals surface area contributed by atoms with Gasteiger partial charge < -0.3 is 18.9 Å². The van der Waals surface area contributed by atoms with Crippen LogP contribution in [0.1, 0.15) is 43.4 Å². The van der Waals surface area contributed by atoms with Crippen LogP contribution in [0.3, 0.4) is 0 Å². The molecule has 1 fully saturated rings. The van der Waals surface area contributed by atoms with Crippen LogP contribution in [0.5, 0.6) is 5.75 Å². The molecule has 8 nitrogen and oxygen atoms in total. The lowest BCUT2D eigenvalue weighted by atomic mass is 9.80. The molecule has 1 amide bonds. The Balaban J connectivity index is 1.44. The van der Waals surface area contributed by atoms with Crippen LogP contribution in [-0.4, -0.2) is 53.9 Å². The van der Waals surface area contributed by atoms with Gasteiger partial charge in [-0.05, 0) is 56.0 Å². The fourth-order valence-electron chi connectivity index (χ4n) is 5.28. The highest BCUT2D eigenvalue weighted by molar-refractivity contribution is 5.82. The topological polar surface area (TPSA) is 101 Å². The van der Waals surface area contributed by atoms with E-state index >= 15 is 0 Å². The number of nitriles is 1. The summed E-state index contributed by atoms with van der Waals surface area (Å²) in [7, 11) is 1.65. The first-order chi connectivity index (χ1) is 16.9. The Morgan fingerprint density at radius 3 is 2.91 bits per heavy atom. The third-order valence-corrected chi connectivity index (χ3v) is 6.88. The van der Waals surface area contributed by atoms with Crippen LogP contribution in [0.2, 0.25) is 0 Å². The van der Waals surface area contributed by atoms with Crippen LogP contribution in [0.25, 0.3) is 22.8 Å². The average Bonchev–Trinajstić information content (AvgIpc) is 3.55. The maximum absolute atomic E-state index is 12.7. The van der Waals surface area contributed by atoms with E-state index in [1.54, 1.807) is 19.2 Å². The lowest BCUT2D eigenvalue weighted by molar-refractivity contribution is -0.128. The van der Waals surface area contributed by atoms with Crippen molar-refractivity contribution in [2.24, 2.45) is 0 Å². The predicted octanol–water partition coefficient (Wildman–Crippen LogP) is 4.13. The molecule has 1 unspecified atom stereocenters. The van der Waals surface area contributed by atoms with Crippen LogP contribution >= 0.6 is 0 Å². The molecule has 1 aliphatic carbocycles. The molecule has 3 aromatic rings. The van der Waals surface area contributed by atoms with Crippen LogP contribution < -0.4 is 4.74 Å². The van der Waals surface area contributed by atoms with Crippen molar-refractivity contribution in [3.05, 3.63) is 53.1 Å². The van der Waals surface area contributed by atoms with Crippen LogP contribution in [0.4, 0.5) is 0 Å².